The largest absolute Gasteiger partial charge is 0.503 e. The summed E-state index contributed by atoms with van der Waals surface area (Å²) in [7, 11) is 0. The zero-order valence-electron chi connectivity index (χ0n) is 14.3. The van der Waals surface area contributed by atoms with Crippen LogP contribution in [0.3, 0.4) is 0 Å². The monoisotopic (exact) mass is 433 g/mol. The zero-order chi connectivity index (χ0) is 19.8. The summed E-state index contributed by atoms with van der Waals surface area (Å²) in [6.45, 7) is 0. The van der Waals surface area contributed by atoms with Crippen molar-refractivity contribution < 1.29 is 19.1 Å². The zero-order valence-corrected chi connectivity index (χ0v) is 16.7. The molecule has 1 amide bonds. The average molecular weight is 434 g/mol. The highest BCUT2D eigenvalue weighted by molar-refractivity contribution is 8.00. The van der Waals surface area contributed by atoms with Crippen molar-refractivity contribution >= 4 is 51.5 Å². The molecule has 0 aliphatic carbocycles. The molecule has 0 saturated heterocycles. The van der Waals surface area contributed by atoms with E-state index in [1.807, 2.05) is 6.26 Å². The summed E-state index contributed by atoms with van der Waals surface area (Å²) in [4.78, 5) is 27.1. The minimum atomic E-state index is -0.884. The van der Waals surface area contributed by atoms with Gasteiger partial charge in [0.15, 0.2) is 15.9 Å². The summed E-state index contributed by atoms with van der Waals surface area (Å²) >= 11 is 8.57. The molecule has 10 heteroatoms. The van der Waals surface area contributed by atoms with Crippen LogP contribution in [0.4, 0.5) is 5.13 Å². The third-order valence-electron chi connectivity index (χ3n) is 4.16. The number of carbonyl (C=O) groups excluding carboxylic acids is 2. The lowest BCUT2D eigenvalue weighted by molar-refractivity contribution is -0.117. The smallest absolute Gasteiger partial charge is 0.296 e. The predicted octanol–water partition coefficient (Wildman–Crippen LogP) is 4.29. The van der Waals surface area contributed by atoms with Gasteiger partial charge in [0, 0.05) is 5.02 Å². The second kappa shape index (κ2) is 7.42. The number of amides is 1. The lowest BCUT2D eigenvalue weighted by Crippen LogP contribution is -2.31. The molecule has 0 spiro atoms. The molecule has 0 radical (unpaired) electrons. The van der Waals surface area contributed by atoms with E-state index in [-0.39, 0.29) is 16.5 Å². The number of thioether (sulfide) groups is 1. The van der Waals surface area contributed by atoms with Crippen LogP contribution in [0.15, 0.2) is 62.8 Å². The number of hydrogen-bond donors (Lipinski definition) is 1. The van der Waals surface area contributed by atoms with E-state index in [0.717, 1.165) is 0 Å². The minimum Gasteiger partial charge on any atom is -0.503 e. The molecule has 4 rings (SSSR count). The maximum absolute atomic E-state index is 13.0. The molecule has 0 saturated carbocycles. The first-order valence-corrected chi connectivity index (χ1v) is 10.4. The predicted molar refractivity (Wildman–Crippen MR) is 106 cm³/mol. The van der Waals surface area contributed by atoms with Crippen LogP contribution in [0.25, 0.3) is 0 Å². The summed E-state index contributed by atoms with van der Waals surface area (Å²) in [5.74, 6) is -1.91. The highest BCUT2D eigenvalue weighted by Crippen LogP contribution is 2.43. The van der Waals surface area contributed by atoms with Gasteiger partial charge in [-0.15, -0.1) is 10.2 Å². The lowest BCUT2D eigenvalue weighted by Gasteiger charge is -2.23. The van der Waals surface area contributed by atoms with E-state index in [1.165, 1.54) is 40.3 Å². The number of carbonyl (C=O) groups is 2. The van der Waals surface area contributed by atoms with E-state index in [0.29, 0.717) is 14.9 Å². The first kappa shape index (κ1) is 18.7. The Morgan fingerprint density at radius 1 is 1.29 bits per heavy atom. The SMILES string of the molecule is CSc1nnc(N2C(=O)C(O)=C(C(=O)c3ccco3)[C@H]2c2ccc(Cl)cc2)s1. The first-order chi connectivity index (χ1) is 13.5. The summed E-state index contributed by atoms with van der Waals surface area (Å²) in [5.41, 5.74) is 0.515. The van der Waals surface area contributed by atoms with Crippen molar-refractivity contribution in [3.05, 3.63) is 70.3 Å². The molecule has 0 unspecified atom stereocenters. The minimum absolute atomic E-state index is 0.0252. The molecule has 1 atom stereocenters. The molecular weight excluding hydrogens is 422 g/mol. The number of furan rings is 1. The third kappa shape index (κ3) is 3.11. The Morgan fingerprint density at radius 2 is 2.04 bits per heavy atom. The summed E-state index contributed by atoms with van der Waals surface area (Å²) in [6.07, 6.45) is 3.19. The average Bonchev–Trinajstić information content (AvgIpc) is 3.43. The number of Topliss-reactive ketones (excluding diaryl/α,β-unsaturated/α-hetero) is 1. The van der Waals surface area contributed by atoms with Crippen LogP contribution in [0.5, 0.6) is 0 Å². The van der Waals surface area contributed by atoms with Crippen molar-refractivity contribution in [1.82, 2.24) is 10.2 Å². The topological polar surface area (TPSA) is 96.5 Å². The molecule has 1 aliphatic rings. The van der Waals surface area contributed by atoms with E-state index in [9.17, 15) is 14.7 Å². The number of benzene rings is 1. The molecule has 1 aliphatic heterocycles. The van der Waals surface area contributed by atoms with Crippen LogP contribution in [0.2, 0.25) is 5.02 Å². The van der Waals surface area contributed by atoms with Gasteiger partial charge in [-0.3, -0.25) is 14.5 Å². The second-order valence-corrected chi connectivity index (χ2v) is 8.20. The molecule has 0 bridgehead atoms. The van der Waals surface area contributed by atoms with Crippen LogP contribution < -0.4 is 4.90 Å². The fourth-order valence-electron chi connectivity index (χ4n) is 2.92. The van der Waals surface area contributed by atoms with Crippen molar-refractivity contribution in [2.75, 3.05) is 11.2 Å². The van der Waals surface area contributed by atoms with Gasteiger partial charge in [-0.2, -0.15) is 0 Å². The standard InChI is InChI=1S/C18H12ClN3O4S2/c1-27-18-21-20-17(28-18)22-13(9-4-6-10(19)7-5-9)12(15(24)16(22)25)14(23)11-3-2-8-26-11/h2-8,13,24H,1H3/t13-/m1/s1. The Hall–Kier alpha value is -2.62. The number of aliphatic hydroxyl groups excluding tert-OH is 1. The van der Waals surface area contributed by atoms with E-state index in [1.54, 1.807) is 30.3 Å². The molecule has 3 heterocycles. The molecule has 1 N–H and O–H groups in total. The van der Waals surface area contributed by atoms with Gasteiger partial charge in [0.05, 0.1) is 17.9 Å². The van der Waals surface area contributed by atoms with Gasteiger partial charge in [0.1, 0.15) is 0 Å². The number of aliphatic hydroxyl groups is 1. The number of hydrogen-bond acceptors (Lipinski definition) is 8. The summed E-state index contributed by atoms with van der Waals surface area (Å²) in [5, 5.41) is 19.4. The quantitative estimate of drug-likeness (QED) is 0.364. The van der Waals surface area contributed by atoms with Gasteiger partial charge in [0.2, 0.25) is 10.9 Å². The Labute approximate surface area is 172 Å². The van der Waals surface area contributed by atoms with E-state index >= 15 is 0 Å². The van der Waals surface area contributed by atoms with Crippen LogP contribution in [-0.2, 0) is 4.79 Å². The normalized spacial score (nSPS) is 16.9. The highest BCUT2D eigenvalue weighted by atomic mass is 35.5. The fraction of sp³-hybridized carbons (Fsp3) is 0.111. The van der Waals surface area contributed by atoms with Crippen LogP contribution in [0.1, 0.15) is 22.2 Å². The first-order valence-electron chi connectivity index (χ1n) is 7.99. The molecule has 0 fully saturated rings. The Bertz CT molecular complexity index is 1080. The van der Waals surface area contributed by atoms with Gasteiger partial charge in [-0.1, -0.05) is 46.8 Å². The van der Waals surface area contributed by atoms with E-state index < -0.39 is 23.5 Å². The van der Waals surface area contributed by atoms with Crippen molar-refractivity contribution in [3.63, 3.8) is 0 Å². The number of aromatic nitrogens is 2. The lowest BCUT2D eigenvalue weighted by atomic mass is 9.95. The molecular formula is C18H12ClN3O4S2. The molecule has 3 aromatic rings. The Kier molecular flexibility index (Phi) is 4.96. The highest BCUT2D eigenvalue weighted by Gasteiger charge is 2.46. The van der Waals surface area contributed by atoms with Gasteiger partial charge in [-0.25, -0.2) is 0 Å². The maximum atomic E-state index is 13.0. The fourth-order valence-corrected chi connectivity index (χ4v) is 4.33. The molecule has 142 valence electrons. The number of halogens is 1. The molecule has 28 heavy (non-hydrogen) atoms. The van der Waals surface area contributed by atoms with Gasteiger partial charge in [-0.05, 0) is 36.1 Å². The summed E-state index contributed by atoms with van der Waals surface area (Å²) < 4.78 is 5.84. The summed E-state index contributed by atoms with van der Waals surface area (Å²) in [6, 6.07) is 8.84. The van der Waals surface area contributed by atoms with Crippen LogP contribution in [0, 0.1) is 0 Å². The molecule has 7 nitrogen and oxygen atoms in total. The van der Waals surface area contributed by atoms with Crippen molar-refractivity contribution in [2.24, 2.45) is 0 Å². The third-order valence-corrected chi connectivity index (χ3v) is 6.31. The molecule has 1 aromatic carbocycles. The van der Waals surface area contributed by atoms with E-state index in [4.69, 9.17) is 16.0 Å². The Morgan fingerprint density at radius 3 is 2.64 bits per heavy atom. The number of rotatable bonds is 5. The van der Waals surface area contributed by atoms with Crippen LogP contribution in [-0.4, -0.2) is 33.3 Å². The van der Waals surface area contributed by atoms with Gasteiger partial charge in [0.25, 0.3) is 5.91 Å². The maximum Gasteiger partial charge on any atom is 0.296 e. The van der Waals surface area contributed by atoms with E-state index in [2.05, 4.69) is 10.2 Å². The Balaban J connectivity index is 1.86. The van der Waals surface area contributed by atoms with Crippen molar-refractivity contribution in [2.45, 2.75) is 10.4 Å². The van der Waals surface area contributed by atoms with Gasteiger partial charge >= 0.3 is 0 Å². The number of anilines is 1. The molecule has 2 aromatic heterocycles. The van der Waals surface area contributed by atoms with Crippen LogP contribution >= 0.6 is 34.7 Å². The van der Waals surface area contributed by atoms with Crippen molar-refractivity contribution in [1.29, 1.82) is 0 Å². The number of nitrogens with zero attached hydrogens (tertiary/aromatic N) is 3. The van der Waals surface area contributed by atoms with Gasteiger partial charge < -0.3 is 9.52 Å². The second-order valence-electron chi connectivity index (χ2n) is 5.75. The van der Waals surface area contributed by atoms with Crippen molar-refractivity contribution in [3.8, 4) is 0 Å². The number of ketones is 1.